The van der Waals surface area contributed by atoms with E-state index in [2.05, 4.69) is 72.5 Å². The van der Waals surface area contributed by atoms with E-state index in [9.17, 15) is 9.59 Å². The van der Waals surface area contributed by atoms with Crippen molar-refractivity contribution in [2.45, 2.75) is 44.2 Å². The predicted molar refractivity (Wildman–Crippen MR) is 147 cm³/mol. The molecule has 1 aromatic heterocycles. The maximum atomic E-state index is 13.0. The predicted octanol–water partition coefficient (Wildman–Crippen LogP) is 5.42. The van der Waals surface area contributed by atoms with Gasteiger partial charge in [-0.2, -0.15) is 0 Å². The summed E-state index contributed by atoms with van der Waals surface area (Å²) in [5, 5.41) is 0.389. The Hall–Kier alpha value is -2.51. The van der Waals surface area contributed by atoms with Crippen molar-refractivity contribution in [1.29, 1.82) is 0 Å². The second kappa shape index (κ2) is 25.2. The Morgan fingerprint density at radius 3 is 1.39 bits per heavy atom. The molecule has 1 aromatic carbocycles. The largest absolute Gasteiger partial charge is 0 e. The summed E-state index contributed by atoms with van der Waals surface area (Å²) in [6.07, 6.45) is 0. The minimum absolute atomic E-state index is 0. The molecular weight excluding hydrogens is 757 g/mol. The zero-order chi connectivity index (χ0) is 32.9. The molecule has 220 valence electrons. The summed E-state index contributed by atoms with van der Waals surface area (Å²) in [5.41, 5.74) is 1.51. The van der Waals surface area contributed by atoms with E-state index in [1.165, 1.54) is 14.2 Å². The molecule has 0 aliphatic rings. The van der Waals surface area contributed by atoms with Crippen molar-refractivity contribution in [1.82, 2.24) is 4.75 Å². The molecule has 0 aliphatic carbocycles. The number of benzene rings is 1. The van der Waals surface area contributed by atoms with Crippen molar-refractivity contribution in [3.05, 3.63) is 68.4 Å². The molecular formula is C26H32NO10PSi2W. The Morgan fingerprint density at radius 2 is 1.10 bits per heavy atom. The Bertz CT molecular complexity index is 1110. The minimum Gasteiger partial charge on any atom is 0 e. The number of carbonyl (C=O) groups is 2. The monoisotopic (exact) mass is 789 g/mol. The SMILES string of the molecule is COC(=O)c1c(-c2ccc(OC)cc2)np(C([Si](C)(C)C)[Si](C)(C)C)c1C(=O)OC.[C-]#[O+].[C-]#[O+].[C-]#[O+].[C-]#[O+].[C-]#[O+].[W]. The fraction of sp³-hybridized carbons (Fsp3) is 0.385. The number of methoxy groups -OCH3 is 3. The standard InChI is InChI=1S/C21H32NO5PSi2.5CO.W/c1-25-15-12-10-14(11-13-15)17-16(19(23)26-2)18(20(24)27-3)28(22-17)21(29(4,5)6)30(7,8)9;5*1-2;/h10-13,21H,1-9H3;;;;;;. The quantitative estimate of drug-likeness (QED) is 0.157. The molecule has 0 saturated carbocycles. The van der Waals surface area contributed by atoms with Crippen LogP contribution < -0.4 is 4.74 Å². The average Bonchev–Trinajstić information content (AvgIpc) is 3.35. The molecule has 0 fully saturated rings. The Labute approximate surface area is 258 Å². The van der Waals surface area contributed by atoms with Crippen LogP contribution >= 0.6 is 7.69 Å². The van der Waals surface area contributed by atoms with Crippen LogP contribution in [0, 0.1) is 33.3 Å². The van der Waals surface area contributed by atoms with E-state index in [-0.39, 0.29) is 26.6 Å². The van der Waals surface area contributed by atoms with Gasteiger partial charge in [-0.15, -0.1) is 0 Å². The van der Waals surface area contributed by atoms with Crippen molar-refractivity contribution in [2.24, 2.45) is 0 Å². The van der Waals surface area contributed by atoms with E-state index in [0.717, 1.165) is 5.56 Å². The molecule has 1 atom stereocenters. The summed E-state index contributed by atoms with van der Waals surface area (Å²) in [5.74, 6) is -0.339. The van der Waals surface area contributed by atoms with Crippen molar-refractivity contribution >= 4 is 35.8 Å². The first-order chi connectivity index (χ1) is 18.9. The van der Waals surface area contributed by atoms with Crippen molar-refractivity contribution in [2.75, 3.05) is 21.3 Å². The number of esters is 2. The van der Waals surface area contributed by atoms with Crippen LogP contribution in [0.1, 0.15) is 25.4 Å². The smallest absolute Gasteiger partial charge is 0 e. The van der Waals surface area contributed by atoms with Gasteiger partial charge in [-0.05, 0) is 32.0 Å². The van der Waals surface area contributed by atoms with E-state index in [0.29, 0.717) is 21.6 Å². The van der Waals surface area contributed by atoms with Crippen LogP contribution in [0.2, 0.25) is 39.3 Å². The molecule has 2 rings (SSSR count). The number of ether oxygens (including phenoxy) is 3. The molecule has 0 spiro atoms. The number of rotatable bonds is 7. The molecule has 0 saturated heterocycles. The molecule has 15 heteroatoms. The molecule has 11 nitrogen and oxygen atoms in total. The van der Waals surface area contributed by atoms with Gasteiger partial charge in [-0.1, -0.05) is 39.3 Å². The molecule has 0 aliphatic heterocycles. The van der Waals surface area contributed by atoms with Crippen LogP contribution in [-0.4, -0.2) is 54.2 Å². The minimum atomic E-state index is -1.74. The first-order valence-electron chi connectivity index (χ1n) is 10.8. The van der Waals surface area contributed by atoms with E-state index < -0.39 is 35.8 Å². The van der Waals surface area contributed by atoms with E-state index in [1.807, 2.05) is 24.3 Å². The molecule has 1 heterocycles. The summed E-state index contributed by atoms with van der Waals surface area (Å²) in [6, 6.07) is 7.35. The van der Waals surface area contributed by atoms with Crippen LogP contribution in [0.5, 0.6) is 5.75 Å². The van der Waals surface area contributed by atoms with Crippen molar-refractivity contribution in [3.8, 4) is 17.0 Å². The van der Waals surface area contributed by atoms with Gasteiger partial charge in [0.25, 0.3) is 0 Å². The van der Waals surface area contributed by atoms with Crippen LogP contribution in [0.25, 0.3) is 11.3 Å². The zero-order valence-electron chi connectivity index (χ0n) is 24.3. The van der Waals surface area contributed by atoms with Gasteiger partial charge < -0.3 is 14.2 Å². The maximum Gasteiger partial charge on any atom is 0 e. The van der Waals surface area contributed by atoms with Crippen molar-refractivity contribution < 1.29 is 68.1 Å². The normalized spacial score (nSPS) is 9.51. The van der Waals surface area contributed by atoms with Gasteiger partial charge in [-0.3, -0.25) is 0 Å². The third-order valence-electron chi connectivity index (χ3n) is 4.93. The third-order valence-corrected chi connectivity index (χ3v) is 21.3. The summed E-state index contributed by atoms with van der Waals surface area (Å²) in [7, 11) is -0.464. The number of hydrogen-bond donors (Lipinski definition) is 0. The molecule has 41 heavy (non-hydrogen) atoms. The van der Waals surface area contributed by atoms with Gasteiger partial charge in [0, 0.05) is 31.5 Å². The van der Waals surface area contributed by atoms with E-state index >= 15 is 0 Å². The van der Waals surface area contributed by atoms with Gasteiger partial charge in [0.05, 0.1) is 43.2 Å². The van der Waals surface area contributed by atoms with Gasteiger partial charge >= 0.3 is 68.5 Å². The average molecular weight is 790 g/mol. The zero-order valence-corrected chi connectivity index (χ0v) is 30.1. The van der Waals surface area contributed by atoms with E-state index in [4.69, 9.17) is 42.2 Å². The molecule has 0 radical (unpaired) electrons. The van der Waals surface area contributed by atoms with Crippen LogP contribution in [0.15, 0.2) is 24.3 Å². The van der Waals surface area contributed by atoms with Gasteiger partial charge in [0.15, 0.2) is 0 Å². The number of carbonyl (C=O) groups excluding carboxylic acids is 2. The molecule has 0 bridgehead atoms. The van der Waals surface area contributed by atoms with Gasteiger partial charge in [0.1, 0.15) is 16.6 Å². The second-order valence-corrected chi connectivity index (χ2v) is 23.4. The topological polar surface area (TPSA) is 174 Å². The number of nitrogens with zero attached hydrogens (tertiary/aromatic N) is 1. The van der Waals surface area contributed by atoms with Crippen LogP contribution in [-0.2, 0) is 53.8 Å². The first kappa shape index (κ1) is 48.2. The first-order valence-corrected chi connectivity index (χ1v) is 19.3. The van der Waals surface area contributed by atoms with E-state index in [1.54, 1.807) is 7.11 Å². The molecule has 0 amide bonds. The van der Waals surface area contributed by atoms with Crippen LogP contribution in [0.4, 0.5) is 0 Å². The summed E-state index contributed by atoms with van der Waals surface area (Å²) < 4.78 is 58.0. The van der Waals surface area contributed by atoms with Crippen LogP contribution in [0.3, 0.4) is 0 Å². The summed E-state index contributed by atoms with van der Waals surface area (Å²) >= 11 is 0. The summed E-state index contributed by atoms with van der Waals surface area (Å²) in [4.78, 5) is 26.1. The third kappa shape index (κ3) is 14.3. The molecule has 1 unspecified atom stereocenters. The maximum absolute atomic E-state index is 13.0. The summed E-state index contributed by atoms with van der Waals surface area (Å²) in [6.45, 7) is 36.4. The van der Waals surface area contributed by atoms with Gasteiger partial charge in [0.2, 0.25) is 0 Å². The Balaban J connectivity index is -0.000000354. The number of aromatic nitrogens is 1. The molecule has 0 N–H and O–H groups in total. The second-order valence-electron chi connectivity index (χ2n) is 9.36. The molecule has 2 aromatic rings. The van der Waals surface area contributed by atoms with Crippen molar-refractivity contribution in [3.63, 3.8) is 0 Å². The Kier molecular flexibility index (Phi) is 29.7. The fourth-order valence-electron chi connectivity index (χ4n) is 4.19. The fourth-order valence-corrected chi connectivity index (χ4v) is 23.2. The van der Waals surface area contributed by atoms with Gasteiger partial charge in [-0.25, -0.2) is 14.3 Å². The number of hydrogen-bond acceptors (Lipinski definition) is 6. The Morgan fingerprint density at radius 1 is 0.732 bits per heavy atom.